The smallest absolute Gasteiger partial charge is 0.266 e. The molecule has 0 saturated carbocycles. The average molecular weight is 329 g/mol. The van der Waals surface area contributed by atoms with Gasteiger partial charge in [-0.15, -0.1) is 0 Å². The summed E-state index contributed by atoms with van der Waals surface area (Å²) in [7, 11) is -3.92. The number of pyridine rings is 1. The Morgan fingerprint density at radius 2 is 1.95 bits per heavy atom. The molecule has 0 aliphatic heterocycles. The second-order valence-corrected chi connectivity index (χ2v) is 6.40. The fourth-order valence-corrected chi connectivity index (χ4v) is 3.19. The van der Waals surface area contributed by atoms with E-state index < -0.39 is 28.2 Å². The number of nitrogens with one attached hydrogen (secondary N) is 2. The highest BCUT2D eigenvalue weighted by Crippen LogP contribution is 2.17. The predicted molar refractivity (Wildman–Crippen MR) is 78.7 cm³/mol. The fourth-order valence-electron chi connectivity index (χ4n) is 1.74. The number of aromatic amines is 1. The molecular formula is C13H13ClN2O4S. The molecule has 0 aliphatic rings. The van der Waals surface area contributed by atoms with Crippen molar-refractivity contribution < 1.29 is 13.5 Å². The molecule has 1 atom stereocenters. The zero-order valence-corrected chi connectivity index (χ0v) is 12.4. The summed E-state index contributed by atoms with van der Waals surface area (Å²) in [5.74, 6) is 0. The summed E-state index contributed by atoms with van der Waals surface area (Å²) >= 11 is 5.62. The number of hydrogen-bond acceptors (Lipinski definition) is 4. The maximum atomic E-state index is 12.2. The Morgan fingerprint density at radius 1 is 1.29 bits per heavy atom. The average Bonchev–Trinajstić information content (AvgIpc) is 2.48. The Bertz CT molecular complexity index is 774. The minimum Gasteiger partial charge on any atom is -0.394 e. The largest absolute Gasteiger partial charge is 0.394 e. The molecule has 2 aromatic rings. The van der Waals surface area contributed by atoms with Gasteiger partial charge in [0.05, 0.1) is 17.5 Å². The van der Waals surface area contributed by atoms with Gasteiger partial charge in [0.15, 0.2) is 0 Å². The molecule has 1 aromatic heterocycles. The first-order valence-corrected chi connectivity index (χ1v) is 7.86. The van der Waals surface area contributed by atoms with Gasteiger partial charge in [-0.25, -0.2) is 13.1 Å². The van der Waals surface area contributed by atoms with Crippen molar-refractivity contribution in [2.75, 3.05) is 6.61 Å². The molecule has 1 unspecified atom stereocenters. The second kappa shape index (κ2) is 6.40. The van der Waals surface area contributed by atoms with Crippen LogP contribution in [0.2, 0.25) is 5.02 Å². The number of rotatable bonds is 5. The van der Waals surface area contributed by atoms with Gasteiger partial charge in [-0.2, -0.15) is 0 Å². The highest BCUT2D eigenvalue weighted by Gasteiger charge is 2.21. The zero-order valence-electron chi connectivity index (χ0n) is 10.8. The number of hydrogen-bond donors (Lipinski definition) is 3. The number of aromatic nitrogens is 1. The van der Waals surface area contributed by atoms with Crippen LogP contribution in [0.1, 0.15) is 11.6 Å². The van der Waals surface area contributed by atoms with Crippen LogP contribution >= 0.6 is 11.6 Å². The molecule has 0 spiro atoms. The second-order valence-electron chi connectivity index (χ2n) is 4.28. The van der Waals surface area contributed by atoms with Crippen molar-refractivity contribution in [1.29, 1.82) is 0 Å². The summed E-state index contributed by atoms with van der Waals surface area (Å²) in [5.41, 5.74) is 0.0523. The fraction of sp³-hybridized carbons (Fsp3) is 0.154. The van der Waals surface area contributed by atoms with Crippen LogP contribution < -0.4 is 10.3 Å². The third-order valence-corrected chi connectivity index (χ3v) is 4.56. The molecule has 8 heteroatoms. The Morgan fingerprint density at radius 3 is 2.52 bits per heavy atom. The van der Waals surface area contributed by atoms with E-state index in [1.54, 1.807) is 30.3 Å². The molecule has 21 heavy (non-hydrogen) atoms. The third-order valence-electron chi connectivity index (χ3n) is 2.82. The Labute approximate surface area is 126 Å². The van der Waals surface area contributed by atoms with Gasteiger partial charge < -0.3 is 10.1 Å². The van der Waals surface area contributed by atoms with Crippen LogP contribution in [0.15, 0.2) is 52.3 Å². The van der Waals surface area contributed by atoms with Crippen LogP contribution in [-0.2, 0) is 10.0 Å². The van der Waals surface area contributed by atoms with Crippen molar-refractivity contribution in [3.05, 3.63) is 63.5 Å². The van der Waals surface area contributed by atoms with E-state index in [1.165, 1.54) is 0 Å². The maximum Gasteiger partial charge on any atom is 0.266 e. The van der Waals surface area contributed by atoms with Crippen molar-refractivity contribution in [3.63, 3.8) is 0 Å². The van der Waals surface area contributed by atoms with Gasteiger partial charge in [-0.05, 0) is 11.6 Å². The lowest BCUT2D eigenvalue weighted by atomic mass is 10.1. The molecule has 3 N–H and O–H groups in total. The summed E-state index contributed by atoms with van der Waals surface area (Å²) in [5, 5.41) is 9.15. The normalized spacial score (nSPS) is 13.0. The molecule has 1 heterocycles. The van der Waals surface area contributed by atoms with Crippen molar-refractivity contribution in [3.8, 4) is 0 Å². The Kier molecular flexibility index (Phi) is 4.79. The summed E-state index contributed by atoms with van der Waals surface area (Å²) in [6.07, 6.45) is 1.05. The van der Waals surface area contributed by atoms with Crippen molar-refractivity contribution in [2.45, 2.75) is 10.9 Å². The predicted octanol–water partition coefficient (Wildman–Crippen LogP) is 1.04. The third kappa shape index (κ3) is 3.70. The molecular weight excluding hydrogens is 316 g/mol. The van der Waals surface area contributed by atoms with Gasteiger partial charge >= 0.3 is 0 Å². The topological polar surface area (TPSA) is 99.3 Å². The van der Waals surface area contributed by atoms with E-state index in [2.05, 4.69) is 9.71 Å². The first kappa shape index (κ1) is 15.7. The van der Waals surface area contributed by atoms with E-state index in [9.17, 15) is 18.3 Å². The quantitative estimate of drug-likeness (QED) is 0.763. The summed E-state index contributed by atoms with van der Waals surface area (Å²) in [4.78, 5) is 13.2. The van der Waals surface area contributed by atoms with Crippen LogP contribution in [0, 0.1) is 0 Å². The molecule has 0 radical (unpaired) electrons. The molecule has 1 aromatic carbocycles. The van der Waals surface area contributed by atoms with Gasteiger partial charge in [0, 0.05) is 6.20 Å². The molecule has 0 aliphatic carbocycles. The lowest BCUT2D eigenvalue weighted by molar-refractivity contribution is 0.259. The minimum atomic E-state index is -3.92. The SMILES string of the molecule is O=c1[nH]cc(S(=O)(=O)NC(CO)c2ccccc2)cc1Cl. The molecule has 112 valence electrons. The highest BCUT2D eigenvalue weighted by atomic mass is 35.5. The Hall–Kier alpha value is -1.67. The minimum absolute atomic E-state index is 0.179. The number of halogens is 1. The van der Waals surface area contributed by atoms with Crippen molar-refractivity contribution >= 4 is 21.6 Å². The van der Waals surface area contributed by atoms with E-state index in [0.717, 1.165) is 12.3 Å². The van der Waals surface area contributed by atoms with E-state index in [0.29, 0.717) is 5.56 Å². The lowest BCUT2D eigenvalue weighted by Gasteiger charge is -2.16. The van der Waals surface area contributed by atoms with Crippen LogP contribution in [0.5, 0.6) is 0 Å². The van der Waals surface area contributed by atoms with Gasteiger partial charge in [-0.1, -0.05) is 41.9 Å². The van der Waals surface area contributed by atoms with E-state index >= 15 is 0 Å². The molecule has 6 nitrogen and oxygen atoms in total. The number of H-pyrrole nitrogens is 1. The van der Waals surface area contributed by atoms with Gasteiger partial charge in [-0.3, -0.25) is 4.79 Å². The van der Waals surface area contributed by atoms with Crippen molar-refractivity contribution in [2.24, 2.45) is 0 Å². The van der Waals surface area contributed by atoms with Gasteiger partial charge in [0.2, 0.25) is 10.0 Å². The van der Waals surface area contributed by atoms with Crippen LogP contribution in [0.25, 0.3) is 0 Å². The molecule has 0 bridgehead atoms. The van der Waals surface area contributed by atoms with E-state index in [4.69, 9.17) is 11.6 Å². The monoisotopic (exact) mass is 328 g/mol. The van der Waals surface area contributed by atoms with Crippen LogP contribution in [-0.4, -0.2) is 25.1 Å². The number of aliphatic hydroxyl groups is 1. The van der Waals surface area contributed by atoms with E-state index in [-0.39, 0.29) is 9.92 Å². The Balaban J connectivity index is 2.31. The molecule has 0 fully saturated rings. The first-order chi connectivity index (χ1) is 9.94. The first-order valence-electron chi connectivity index (χ1n) is 6.00. The number of aliphatic hydroxyl groups excluding tert-OH is 1. The zero-order chi connectivity index (χ0) is 15.5. The number of sulfonamides is 1. The molecule has 0 amide bonds. The summed E-state index contributed by atoms with van der Waals surface area (Å²) < 4.78 is 26.8. The molecule has 0 saturated heterocycles. The molecule has 2 rings (SSSR count). The van der Waals surface area contributed by atoms with Crippen molar-refractivity contribution in [1.82, 2.24) is 9.71 Å². The van der Waals surface area contributed by atoms with Crippen LogP contribution in [0.4, 0.5) is 0 Å². The van der Waals surface area contributed by atoms with E-state index in [1.807, 2.05) is 0 Å². The lowest BCUT2D eigenvalue weighted by Crippen LogP contribution is -2.31. The summed E-state index contributed by atoms with van der Waals surface area (Å²) in [6, 6.07) is 8.93. The number of benzene rings is 1. The van der Waals surface area contributed by atoms with Gasteiger partial charge in [0.1, 0.15) is 5.02 Å². The van der Waals surface area contributed by atoms with Gasteiger partial charge in [0.25, 0.3) is 5.56 Å². The maximum absolute atomic E-state index is 12.2. The standard InChI is InChI=1S/C13H13ClN2O4S/c14-11-6-10(7-15-13(11)18)21(19,20)16-12(8-17)9-4-2-1-3-5-9/h1-7,12,16-17H,8H2,(H,15,18). The summed E-state index contributed by atoms with van der Waals surface area (Å²) in [6.45, 7) is -0.402. The highest BCUT2D eigenvalue weighted by molar-refractivity contribution is 7.89. The van der Waals surface area contributed by atoms with Crippen LogP contribution in [0.3, 0.4) is 0 Å².